The van der Waals surface area contributed by atoms with E-state index in [9.17, 15) is 14.0 Å². The Balaban J connectivity index is 1.42. The second-order valence-electron chi connectivity index (χ2n) is 7.41. The first-order valence-electron chi connectivity index (χ1n) is 9.41. The van der Waals surface area contributed by atoms with Gasteiger partial charge in [-0.2, -0.15) is 0 Å². The van der Waals surface area contributed by atoms with Crippen molar-refractivity contribution in [2.45, 2.75) is 25.7 Å². The van der Waals surface area contributed by atoms with Crippen molar-refractivity contribution < 1.29 is 18.6 Å². The molecule has 3 aliphatic rings. The molecular formula is C20H23FN3O2S+. The van der Waals surface area contributed by atoms with Crippen molar-refractivity contribution in [3.8, 4) is 0 Å². The number of carbonyl (C=O) groups excluding carboxylic acids is 2. The van der Waals surface area contributed by atoms with Crippen LogP contribution in [0.2, 0.25) is 0 Å². The third kappa shape index (κ3) is 3.65. The molecular weight excluding hydrogens is 365 g/mol. The Morgan fingerprint density at radius 1 is 1.22 bits per heavy atom. The fourth-order valence-corrected chi connectivity index (χ4v) is 5.15. The van der Waals surface area contributed by atoms with E-state index in [2.05, 4.69) is 4.58 Å². The maximum Gasteiger partial charge on any atom is 0.293 e. The second kappa shape index (κ2) is 7.46. The van der Waals surface area contributed by atoms with Gasteiger partial charge in [-0.3, -0.25) is 24.8 Å². The van der Waals surface area contributed by atoms with E-state index in [-0.39, 0.29) is 17.0 Å². The average molecular weight is 388 g/mol. The minimum Gasteiger partial charge on any atom is -0.291 e. The number of hydrogen-bond acceptors (Lipinski definition) is 4. The molecule has 0 spiro atoms. The summed E-state index contributed by atoms with van der Waals surface area (Å²) in [5.41, 5.74) is 7.03. The van der Waals surface area contributed by atoms with Crippen LogP contribution in [0.4, 0.5) is 9.18 Å². The van der Waals surface area contributed by atoms with Gasteiger partial charge in [-0.15, -0.1) is 0 Å². The van der Waals surface area contributed by atoms with Gasteiger partial charge < -0.3 is 0 Å². The van der Waals surface area contributed by atoms with Crippen molar-refractivity contribution in [3.05, 3.63) is 40.6 Å². The molecule has 2 atom stereocenters. The van der Waals surface area contributed by atoms with Gasteiger partial charge >= 0.3 is 0 Å². The molecule has 4 rings (SSSR count). The van der Waals surface area contributed by atoms with Crippen molar-refractivity contribution in [1.29, 1.82) is 0 Å². The second-order valence-corrected chi connectivity index (χ2v) is 8.40. The van der Waals surface area contributed by atoms with Crippen LogP contribution in [0.3, 0.4) is 0 Å². The summed E-state index contributed by atoms with van der Waals surface area (Å²) in [4.78, 5) is 26.6. The van der Waals surface area contributed by atoms with Crippen molar-refractivity contribution in [1.82, 2.24) is 4.90 Å². The third-order valence-electron chi connectivity index (χ3n) is 5.74. The molecule has 142 valence electrons. The number of amidine groups is 1. The lowest BCUT2D eigenvalue weighted by atomic mass is 9.80. The van der Waals surface area contributed by atoms with Gasteiger partial charge in [0.15, 0.2) is 0 Å². The van der Waals surface area contributed by atoms with Crippen LogP contribution >= 0.6 is 11.8 Å². The van der Waals surface area contributed by atoms with E-state index in [1.165, 1.54) is 36.3 Å². The average Bonchev–Trinajstić information content (AvgIpc) is 3.12. The summed E-state index contributed by atoms with van der Waals surface area (Å²) in [5, 5.41) is -0.261. The molecule has 27 heavy (non-hydrogen) atoms. The molecule has 1 aromatic carbocycles. The third-order valence-corrected chi connectivity index (χ3v) is 6.65. The summed E-state index contributed by atoms with van der Waals surface area (Å²) >= 11 is 0.932. The number of nitrogens with zero attached hydrogens (tertiary/aromatic N) is 2. The molecule has 0 radical (unpaired) electrons. The molecule has 2 heterocycles. The highest BCUT2D eigenvalue weighted by Crippen LogP contribution is 2.35. The molecule has 1 aromatic rings. The van der Waals surface area contributed by atoms with Crippen LogP contribution in [0.5, 0.6) is 0 Å². The lowest BCUT2D eigenvalue weighted by molar-refractivity contribution is -0.525. The minimum absolute atomic E-state index is 0.261. The molecule has 5 nitrogen and oxygen atoms in total. The molecule has 0 aromatic heterocycles. The lowest BCUT2D eigenvalue weighted by Gasteiger charge is -2.21. The molecule has 0 bridgehead atoms. The molecule has 1 saturated carbocycles. The number of imide groups is 1. The van der Waals surface area contributed by atoms with E-state index in [1.807, 2.05) is 0 Å². The molecule has 1 aliphatic carbocycles. The topological polar surface area (TPSA) is 66.4 Å². The van der Waals surface area contributed by atoms with Gasteiger partial charge in [-0.1, -0.05) is 25.0 Å². The zero-order valence-electron chi connectivity index (χ0n) is 15.1. The number of halogens is 1. The summed E-state index contributed by atoms with van der Waals surface area (Å²) in [6, 6.07) is 5.85. The Bertz CT molecular complexity index is 834. The molecule has 1 saturated heterocycles. The molecule has 2 amide bonds. The van der Waals surface area contributed by atoms with Gasteiger partial charge in [0.2, 0.25) is 5.84 Å². The largest absolute Gasteiger partial charge is 0.293 e. The molecule has 7 heteroatoms. The standard InChI is InChI=1S/C20H22FN3O2S/c21-15-7-5-13(6-8-15)11-17-19(25)24(20(26)27-17)10-9-23-12-14-3-1-2-4-16(14)18(23)22/h5-8,11,14,16,22H,1-4,9-10,12H2/p+1. The van der Waals surface area contributed by atoms with Gasteiger partial charge in [-0.05, 0) is 48.4 Å². The summed E-state index contributed by atoms with van der Waals surface area (Å²) in [5.74, 6) is 1.39. The summed E-state index contributed by atoms with van der Waals surface area (Å²) in [6.07, 6.45) is 6.49. The summed E-state index contributed by atoms with van der Waals surface area (Å²) < 4.78 is 15.2. The van der Waals surface area contributed by atoms with Crippen molar-refractivity contribution >= 4 is 34.8 Å². The minimum atomic E-state index is -0.333. The van der Waals surface area contributed by atoms with Crippen LogP contribution in [-0.2, 0) is 4.79 Å². The SMILES string of the molecule is NC1=[N+](CCN2C(=O)SC(=Cc3ccc(F)cc3)C2=O)CC2CCCCC12. The number of hydrogen-bond donors (Lipinski definition) is 1. The quantitative estimate of drug-likeness (QED) is 0.636. The number of benzene rings is 1. The maximum atomic E-state index is 13.0. The Morgan fingerprint density at radius 3 is 2.70 bits per heavy atom. The number of nitrogens with two attached hydrogens (primary N) is 1. The first-order chi connectivity index (χ1) is 13.0. The van der Waals surface area contributed by atoms with E-state index >= 15 is 0 Å². The zero-order valence-corrected chi connectivity index (χ0v) is 15.9. The van der Waals surface area contributed by atoms with Crippen LogP contribution in [0, 0.1) is 17.7 Å². The van der Waals surface area contributed by atoms with Gasteiger partial charge in [0.05, 0.1) is 23.9 Å². The maximum absolute atomic E-state index is 13.0. The number of rotatable bonds is 4. The number of thioether (sulfide) groups is 1. The van der Waals surface area contributed by atoms with Crippen LogP contribution in [0.15, 0.2) is 29.2 Å². The number of amides is 2. The van der Waals surface area contributed by atoms with Crippen molar-refractivity contribution in [3.63, 3.8) is 0 Å². The summed E-state index contributed by atoms with van der Waals surface area (Å²) in [6.45, 7) is 1.85. The van der Waals surface area contributed by atoms with Crippen molar-refractivity contribution in [2.24, 2.45) is 17.6 Å². The van der Waals surface area contributed by atoms with Gasteiger partial charge in [0.1, 0.15) is 12.4 Å². The molecule has 2 fully saturated rings. The van der Waals surface area contributed by atoms with E-state index in [0.29, 0.717) is 35.4 Å². The monoisotopic (exact) mass is 388 g/mol. The van der Waals surface area contributed by atoms with Crippen LogP contribution in [0.1, 0.15) is 31.2 Å². The lowest BCUT2D eigenvalue weighted by Crippen LogP contribution is -2.36. The van der Waals surface area contributed by atoms with Gasteiger partial charge in [-0.25, -0.2) is 4.39 Å². The predicted molar refractivity (Wildman–Crippen MR) is 104 cm³/mol. The fourth-order valence-electron chi connectivity index (χ4n) is 4.28. The van der Waals surface area contributed by atoms with Crippen LogP contribution < -0.4 is 5.73 Å². The van der Waals surface area contributed by atoms with Crippen LogP contribution in [-0.4, -0.2) is 46.1 Å². The Hall–Kier alpha value is -2.15. The number of carbonyl (C=O) groups is 2. The van der Waals surface area contributed by atoms with Crippen LogP contribution in [0.25, 0.3) is 6.08 Å². The summed E-state index contributed by atoms with van der Waals surface area (Å²) in [7, 11) is 0. The van der Waals surface area contributed by atoms with E-state index in [0.717, 1.165) is 30.6 Å². The molecule has 2 unspecified atom stereocenters. The molecule has 2 N–H and O–H groups in total. The first kappa shape index (κ1) is 18.2. The first-order valence-corrected chi connectivity index (χ1v) is 10.2. The van der Waals surface area contributed by atoms with E-state index in [4.69, 9.17) is 5.73 Å². The number of fused-ring (bicyclic) bond motifs is 1. The smallest absolute Gasteiger partial charge is 0.291 e. The highest BCUT2D eigenvalue weighted by atomic mass is 32.2. The van der Waals surface area contributed by atoms with Crippen molar-refractivity contribution in [2.75, 3.05) is 19.6 Å². The zero-order chi connectivity index (χ0) is 19.0. The normalized spacial score (nSPS) is 27.0. The fraction of sp³-hybridized carbons (Fsp3) is 0.450. The highest BCUT2D eigenvalue weighted by molar-refractivity contribution is 8.18. The van der Waals surface area contributed by atoms with Gasteiger partial charge in [0.25, 0.3) is 11.1 Å². The Morgan fingerprint density at radius 2 is 1.96 bits per heavy atom. The Kier molecular flexibility index (Phi) is 5.04. The Labute approximate surface area is 162 Å². The van der Waals surface area contributed by atoms with E-state index < -0.39 is 0 Å². The molecule has 2 aliphatic heterocycles. The highest BCUT2D eigenvalue weighted by Gasteiger charge is 2.41. The predicted octanol–water partition coefficient (Wildman–Crippen LogP) is 3.05. The van der Waals surface area contributed by atoms with Gasteiger partial charge in [0, 0.05) is 5.92 Å². The van der Waals surface area contributed by atoms with E-state index in [1.54, 1.807) is 18.2 Å².